The van der Waals surface area contributed by atoms with Gasteiger partial charge in [-0.05, 0) is 17.9 Å². The second-order valence-corrected chi connectivity index (χ2v) is 2.98. The minimum absolute atomic E-state index is 0.526. The maximum Gasteiger partial charge on any atom is 0.0292 e. The summed E-state index contributed by atoms with van der Waals surface area (Å²) in [5.41, 5.74) is 1.35. The number of rotatable bonds is 3. The zero-order chi connectivity index (χ0) is 8.10. The lowest BCUT2D eigenvalue weighted by atomic mass is 9.99. The molecule has 0 saturated heterocycles. The van der Waals surface area contributed by atoms with Crippen LogP contribution in [0.4, 0.5) is 0 Å². The minimum atomic E-state index is 0.526. The van der Waals surface area contributed by atoms with Crippen LogP contribution in [0.15, 0.2) is 30.3 Å². The molecule has 0 nitrogen and oxygen atoms in total. The topological polar surface area (TPSA) is 0 Å². The molecular weight excluding hydrogens is 156 g/mol. The summed E-state index contributed by atoms with van der Waals surface area (Å²) in [7, 11) is 0. The number of benzene rings is 1. The van der Waals surface area contributed by atoms with Crippen LogP contribution in [0.2, 0.25) is 0 Å². The molecule has 1 atom stereocenters. The van der Waals surface area contributed by atoms with E-state index in [0.717, 1.165) is 12.3 Å². The highest BCUT2D eigenvalue weighted by molar-refractivity contribution is 6.18. The maximum absolute atomic E-state index is 5.80. The Morgan fingerprint density at radius 3 is 2.36 bits per heavy atom. The van der Waals surface area contributed by atoms with Crippen LogP contribution in [-0.2, 0) is 0 Å². The van der Waals surface area contributed by atoms with Gasteiger partial charge in [-0.25, -0.2) is 0 Å². The summed E-state index contributed by atoms with van der Waals surface area (Å²) in [5, 5.41) is 0. The molecule has 0 bridgehead atoms. The van der Waals surface area contributed by atoms with Gasteiger partial charge in [0.1, 0.15) is 0 Å². The van der Waals surface area contributed by atoms with E-state index in [9.17, 15) is 0 Å². The van der Waals surface area contributed by atoms with Gasteiger partial charge in [0.25, 0.3) is 0 Å². The lowest BCUT2D eigenvalue weighted by Crippen LogP contribution is -1.97. The second kappa shape index (κ2) is 4.40. The smallest absolute Gasteiger partial charge is 0.0292 e. The van der Waals surface area contributed by atoms with Crippen LogP contribution in [0.3, 0.4) is 0 Å². The standard InChI is InChI=1S/C10H13Cl/c1-2-9(8-11)10-6-4-3-5-7-10/h3-7,9H,2,8H2,1H3/t9-/m1/s1. The fourth-order valence-corrected chi connectivity index (χ4v) is 1.56. The summed E-state index contributed by atoms with van der Waals surface area (Å²) in [4.78, 5) is 0. The first kappa shape index (κ1) is 8.61. The van der Waals surface area contributed by atoms with Gasteiger partial charge in [0, 0.05) is 5.88 Å². The van der Waals surface area contributed by atoms with E-state index in [0.29, 0.717) is 5.92 Å². The molecule has 0 amide bonds. The third-order valence-electron chi connectivity index (χ3n) is 1.95. The Kier molecular flexibility index (Phi) is 3.44. The molecule has 1 aromatic carbocycles. The molecule has 0 N–H and O–H groups in total. The average molecular weight is 169 g/mol. The van der Waals surface area contributed by atoms with E-state index >= 15 is 0 Å². The Balaban J connectivity index is 2.74. The summed E-state index contributed by atoms with van der Waals surface area (Å²) in [6, 6.07) is 10.4. The van der Waals surface area contributed by atoms with Crippen molar-refractivity contribution in [1.29, 1.82) is 0 Å². The van der Waals surface area contributed by atoms with Crippen LogP contribution in [0.1, 0.15) is 24.8 Å². The Bertz CT molecular complexity index is 189. The first-order valence-corrected chi connectivity index (χ1v) is 4.52. The van der Waals surface area contributed by atoms with Crippen molar-refractivity contribution in [3.8, 4) is 0 Å². The largest absolute Gasteiger partial charge is 0.126 e. The molecule has 0 fully saturated rings. The summed E-state index contributed by atoms with van der Waals surface area (Å²) in [6.45, 7) is 2.17. The van der Waals surface area contributed by atoms with Crippen LogP contribution < -0.4 is 0 Å². The van der Waals surface area contributed by atoms with Gasteiger partial charge >= 0.3 is 0 Å². The van der Waals surface area contributed by atoms with Crippen molar-refractivity contribution in [1.82, 2.24) is 0 Å². The van der Waals surface area contributed by atoms with Crippen LogP contribution >= 0.6 is 11.6 Å². The molecule has 1 rings (SSSR count). The zero-order valence-electron chi connectivity index (χ0n) is 6.76. The lowest BCUT2D eigenvalue weighted by molar-refractivity contribution is 0.740. The first-order valence-electron chi connectivity index (χ1n) is 3.99. The van der Waals surface area contributed by atoms with Gasteiger partial charge in [0.2, 0.25) is 0 Å². The Morgan fingerprint density at radius 2 is 1.91 bits per heavy atom. The van der Waals surface area contributed by atoms with E-state index in [1.807, 2.05) is 6.07 Å². The van der Waals surface area contributed by atoms with Crippen molar-refractivity contribution >= 4 is 11.6 Å². The normalized spacial score (nSPS) is 12.9. The summed E-state index contributed by atoms with van der Waals surface area (Å²) in [6.07, 6.45) is 1.12. The van der Waals surface area contributed by atoms with Crippen LogP contribution in [0, 0.1) is 0 Å². The molecule has 0 aliphatic carbocycles. The fraction of sp³-hybridized carbons (Fsp3) is 0.400. The third kappa shape index (κ3) is 2.23. The molecule has 0 radical (unpaired) electrons. The number of hydrogen-bond acceptors (Lipinski definition) is 0. The molecule has 0 aliphatic rings. The van der Waals surface area contributed by atoms with Gasteiger partial charge in [-0.1, -0.05) is 37.3 Å². The third-order valence-corrected chi connectivity index (χ3v) is 2.32. The summed E-state index contributed by atoms with van der Waals surface area (Å²) < 4.78 is 0. The van der Waals surface area contributed by atoms with Crippen LogP contribution in [-0.4, -0.2) is 5.88 Å². The van der Waals surface area contributed by atoms with Crippen LogP contribution in [0.25, 0.3) is 0 Å². The van der Waals surface area contributed by atoms with Crippen molar-refractivity contribution < 1.29 is 0 Å². The predicted octanol–water partition coefficient (Wildman–Crippen LogP) is 3.42. The van der Waals surface area contributed by atoms with E-state index < -0.39 is 0 Å². The summed E-state index contributed by atoms with van der Waals surface area (Å²) in [5.74, 6) is 1.25. The Labute approximate surface area is 73.2 Å². The Hall–Kier alpha value is -0.490. The summed E-state index contributed by atoms with van der Waals surface area (Å²) >= 11 is 5.80. The van der Waals surface area contributed by atoms with Gasteiger partial charge in [0.05, 0.1) is 0 Å². The minimum Gasteiger partial charge on any atom is -0.126 e. The van der Waals surface area contributed by atoms with E-state index in [1.165, 1.54) is 5.56 Å². The maximum atomic E-state index is 5.80. The monoisotopic (exact) mass is 168 g/mol. The molecule has 60 valence electrons. The molecule has 0 spiro atoms. The molecule has 11 heavy (non-hydrogen) atoms. The highest BCUT2D eigenvalue weighted by atomic mass is 35.5. The Morgan fingerprint density at radius 1 is 1.27 bits per heavy atom. The predicted molar refractivity (Wildman–Crippen MR) is 50.2 cm³/mol. The van der Waals surface area contributed by atoms with Crippen molar-refractivity contribution in [2.75, 3.05) is 5.88 Å². The number of halogens is 1. The number of alkyl halides is 1. The molecule has 0 saturated carbocycles. The van der Waals surface area contributed by atoms with Crippen molar-refractivity contribution in [2.45, 2.75) is 19.3 Å². The first-order chi connectivity index (χ1) is 5.38. The zero-order valence-corrected chi connectivity index (χ0v) is 7.51. The van der Waals surface area contributed by atoms with E-state index in [-0.39, 0.29) is 0 Å². The van der Waals surface area contributed by atoms with Crippen LogP contribution in [0.5, 0.6) is 0 Å². The molecule has 0 heterocycles. The lowest BCUT2D eigenvalue weighted by Gasteiger charge is -2.10. The van der Waals surface area contributed by atoms with Crippen molar-refractivity contribution in [2.24, 2.45) is 0 Å². The second-order valence-electron chi connectivity index (χ2n) is 2.67. The molecular formula is C10H13Cl. The van der Waals surface area contributed by atoms with Crippen molar-refractivity contribution in [3.63, 3.8) is 0 Å². The highest BCUT2D eigenvalue weighted by Gasteiger charge is 2.05. The molecule has 0 aliphatic heterocycles. The van der Waals surface area contributed by atoms with Gasteiger partial charge < -0.3 is 0 Å². The quantitative estimate of drug-likeness (QED) is 0.607. The van der Waals surface area contributed by atoms with Gasteiger partial charge in [0.15, 0.2) is 0 Å². The number of hydrogen-bond donors (Lipinski definition) is 0. The van der Waals surface area contributed by atoms with E-state index in [2.05, 4.69) is 31.2 Å². The van der Waals surface area contributed by atoms with E-state index in [4.69, 9.17) is 11.6 Å². The van der Waals surface area contributed by atoms with E-state index in [1.54, 1.807) is 0 Å². The molecule has 1 aromatic rings. The molecule has 0 aromatic heterocycles. The average Bonchev–Trinajstić information content (AvgIpc) is 2.09. The SMILES string of the molecule is CC[C@H](CCl)c1ccccc1. The van der Waals surface area contributed by atoms with Gasteiger partial charge in [-0.15, -0.1) is 11.6 Å². The fourth-order valence-electron chi connectivity index (χ4n) is 1.16. The van der Waals surface area contributed by atoms with Gasteiger partial charge in [-0.3, -0.25) is 0 Å². The van der Waals surface area contributed by atoms with Crippen molar-refractivity contribution in [3.05, 3.63) is 35.9 Å². The highest BCUT2D eigenvalue weighted by Crippen LogP contribution is 2.19. The molecule has 1 heteroatoms. The molecule has 0 unspecified atom stereocenters. The van der Waals surface area contributed by atoms with Gasteiger partial charge in [-0.2, -0.15) is 0 Å².